The zero-order chi connectivity index (χ0) is 11.3. The Morgan fingerprint density at radius 1 is 1.53 bits per heavy atom. The van der Waals surface area contributed by atoms with Gasteiger partial charge in [-0.25, -0.2) is 8.78 Å². The predicted octanol–water partition coefficient (Wildman–Crippen LogP) is 2.56. The number of thiophene rings is 1. The first-order chi connectivity index (χ1) is 7.15. The van der Waals surface area contributed by atoms with Crippen molar-refractivity contribution in [3.05, 3.63) is 21.4 Å². The number of hydrogen-bond donors (Lipinski definition) is 1. The third kappa shape index (κ3) is 3.85. The lowest BCUT2D eigenvalue weighted by atomic mass is 10.2. The van der Waals surface area contributed by atoms with E-state index in [4.69, 9.17) is 4.74 Å². The predicted molar refractivity (Wildman–Crippen MR) is 57.5 cm³/mol. The van der Waals surface area contributed by atoms with Crippen molar-refractivity contribution < 1.29 is 13.5 Å². The highest BCUT2D eigenvalue weighted by atomic mass is 32.1. The molecule has 1 rings (SSSR count). The molecule has 0 spiro atoms. The van der Waals surface area contributed by atoms with Gasteiger partial charge in [-0.15, -0.1) is 11.3 Å². The van der Waals surface area contributed by atoms with E-state index in [0.29, 0.717) is 13.2 Å². The van der Waals surface area contributed by atoms with Crippen LogP contribution >= 0.6 is 11.3 Å². The van der Waals surface area contributed by atoms with Crippen LogP contribution in [0.5, 0.6) is 0 Å². The number of methoxy groups -OCH3 is 1. The summed E-state index contributed by atoms with van der Waals surface area (Å²) in [6, 6.07) is 0. The molecule has 5 heteroatoms. The van der Waals surface area contributed by atoms with Crippen LogP contribution in [0.1, 0.15) is 16.0 Å². The van der Waals surface area contributed by atoms with Crippen molar-refractivity contribution in [1.29, 1.82) is 0 Å². The third-order valence-corrected chi connectivity index (χ3v) is 3.24. The van der Waals surface area contributed by atoms with E-state index in [1.54, 1.807) is 18.4 Å². The quantitative estimate of drug-likeness (QED) is 0.818. The molecule has 1 heterocycles. The van der Waals surface area contributed by atoms with E-state index in [2.05, 4.69) is 5.32 Å². The van der Waals surface area contributed by atoms with Crippen LogP contribution in [0.2, 0.25) is 0 Å². The first-order valence-electron chi connectivity index (χ1n) is 4.68. The second-order valence-electron chi connectivity index (χ2n) is 3.26. The number of alkyl halides is 2. The van der Waals surface area contributed by atoms with Crippen LogP contribution in [0.25, 0.3) is 0 Å². The Kier molecular flexibility index (Phi) is 5.14. The van der Waals surface area contributed by atoms with Crippen LogP contribution in [-0.2, 0) is 17.9 Å². The van der Waals surface area contributed by atoms with Gasteiger partial charge in [0.05, 0.1) is 13.2 Å². The molecule has 1 aromatic rings. The van der Waals surface area contributed by atoms with Crippen LogP contribution in [0.15, 0.2) is 5.38 Å². The summed E-state index contributed by atoms with van der Waals surface area (Å²) in [6.07, 6.45) is -2.29. The van der Waals surface area contributed by atoms with Crippen LogP contribution in [0.3, 0.4) is 0 Å². The average Bonchev–Trinajstić information content (AvgIpc) is 2.50. The van der Waals surface area contributed by atoms with Gasteiger partial charge in [0.25, 0.3) is 6.43 Å². The lowest BCUT2D eigenvalue weighted by Gasteiger charge is -2.04. The normalized spacial score (nSPS) is 11.3. The lowest BCUT2D eigenvalue weighted by Crippen LogP contribution is -2.20. The highest BCUT2D eigenvalue weighted by molar-refractivity contribution is 7.10. The Hall–Kier alpha value is -0.520. The fourth-order valence-corrected chi connectivity index (χ4v) is 2.30. The van der Waals surface area contributed by atoms with Gasteiger partial charge in [-0.2, -0.15) is 0 Å². The molecule has 0 unspecified atom stereocenters. The van der Waals surface area contributed by atoms with Crippen LogP contribution in [0, 0.1) is 6.92 Å². The number of hydrogen-bond acceptors (Lipinski definition) is 3. The molecule has 0 bridgehead atoms. The zero-order valence-electron chi connectivity index (χ0n) is 8.85. The number of ether oxygens (including phenoxy) is 1. The fraction of sp³-hybridized carbons (Fsp3) is 0.600. The Morgan fingerprint density at radius 3 is 2.87 bits per heavy atom. The molecular weight excluding hydrogens is 220 g/mol. The Morgan fingerprint density at radius 2 is 2.27 bits per heavy atom. The van der Waals surface area contributed by atoms with Crippen LogP contribution < -0.4 is 5.32 Å². The molecule has 0 saturated heterocycles. The molecule has 0 aliphatic rings. The summed E-state index contributed by atoms with van der Waals surface area (Å²) in [5.41, 5.74) is 2.22. The van der Waals surface area contributed by atoms with Crippen LogP contribution in [-0.4, -0.2) is 20.1 Å². The summed E-state index contributed by atoms with van der Waals surface area (Å²) >= 11 is 1.61. The molecule has 0 atom stereocenters. The second kappa shape index (κ2) is 6.15. The number of rotatable bonds is 6. The fourth-order valence-electron chi connectivity index (χ4n) is 1.26. The summed E-state index contributed by atoms with van der Waals surface area (Å²) in [5.74, 6) is 0. The Bertz CT molecular complexity index is 302. The molecule has 0 saturated carbocycles. The van der Waals surface area contributed by atoms with Gasteiger partial charge < -0.3 is 10.1 Å². The number of halogens is 2. The van der Waals surface area contributed by atoms with E-state index in [1.165, 1.54) is 0 Å². The first kappa shape index (κ1) is 12.5. The summed E-state index contributed by atoms with van der Waals surface area (Å²) in [4.78, 5) is 1.16. The summed E-state index contributed by atoms with van der Waals surface area (Å²) < 4.78 is 28.8. The Balaban J connectivity index is 2.47. The third-order valence-electron chi connectivity index (χ3n) is 2.13. The van der Waals surface area contributed by atoms with E-state index in [9.17, 15) is 8.78 Å². The molecule has 0 radical (unpaired) electrons. The highest BCUT2D eigenvalue weighted by Gasteiger charge is 2.07. The van der Waals surface area contributed by atoms with Gasteiger partial charge in [-0.1, -0.05) is 0 Å². The minimum absolute atomic E-state index is 0.255. The molecule has 0 aliphatic heterocycles. The average molecular weight is 235 g/mol. The molecule has 0 amide bonds. The molecule has 1 N–H and O–H groups in total. The minimum atomic E-state index is -2.29. The molecule has 15 heavy (non-hydrogen) atoms. The van der Waals surface area contributed by atoms with Crippen molar-refractivity contribution >= 4 is 11.3 Å². The molecule has 2 nitrogen and oxygen atoms in total. The van der Waals surface area contributed by atoms with Gasteiger partial charge in [-0.3, -0.25) is 0 Å². The van der Waals surface area contributed by atoms with E-state index in [-0.39, 0.29) is 6.54 Å². The maximum atomic E-state index is 11.9. The number of nitrogens with one attached hydrogen (secondary N) is 1. The maximum Gasteiger partial charge on any atom is 0.250 e. The molecule has 0 fully saturated rings. The second-order valence-corrected chi connectivity index (χ2v) is 4.23. The minimum Gasteiger partial charge on any atom is -0.379 e. The van der Waals surface area contributed by atoms with Gasteiger partial charge in [0.15, 0.2) is 0 Å². The standard InChI is InChI=1S/C10H15F2NOS/c1-7-8(3-13-4-10(11)12)6-15-9(7)5-14-2/h6,10,13H,3-5H2,1-2H3. The maximum absolute atomic E-state index is 11.9. The molecular formula is C10H15F2NOS. The zero-order valence-corrected chi connectivity index (χ0v) is 9.66. The van der Waals surface area contributed by atoms with Crippen LogP contribution in [0.4, 0.5) is 8.78 Å². The van der Waals surface area contributed by atoms with Gasteiger partial charge in [0.2, 0.25) is 0 Å². The summed E-state index contributed by atoms with van der Waals surface area (Å²) in [5, 5.41) is 4.70. The molecule has 0 aliphatic carbocycles. The SMILES string of the molecule is COCc1scc(CNCC(F)F)c1C. The smallest absolute Gasteiger partial charge is 0.250 e. The van der Waals surface area contributed by atoms with Gasteiger partial charge in [0.1, 0.15) is 0 Å². The molecule has 0 aromatic carbocycles. The van der Waals surface area contributed by atoms with Gasteiger partial charge >= 0.3 is 0 Å². The van der Waals surface area contributed by atoms with Crippen molar-refractivity contribution in [2.45, 2.75) is 26.5 Å². The van der Waals surface area contributed by atoms with Gasteiger partial charge in [0, 0.05) is 18.5 Å². The monoisotopic (exact) mass is 235 g/mol. The lowest BCUT2D eigenvalue weighted by molar-refractivity contribution is 0.145. The highest BCUT2D eigenvalue weighted by Crippen LogP contribution is 2.22. The van der Waals surface area contributed by atoms with E-state index in [0.717, 1.165) is 16.0 Å². The van der Waals surface area contributed by atoms with Gasteiger partial charge in [-0.05, 0) is 23.4 Å². The molecule has 1 aromatic heterocycles. The van der Waals surface area contributed by atoms with Crippen molar-refractivity contribution in [3.8, 4) is 0 Å². The summed E-state index contributed by atoms with van der Waals surface area (Å²) in [6.45, 7) is 2.82. The van der Waals surface area contributed by atoms with Crippen molar-refractivity contribution in [1.82, 2.24) is 5.32 Å². The Labute approximate surface area is 92.3 Å². The van der Waals surface area contributed by atoms with Crippen molar-refractivity contribution in [2.75, 3.05) is 13.7 Å². The largest absolute Gasteiger partial charge is 0.379 e. The van der Waals surface area contributed by atoms with Crippen molar-refractivity contribution in [2.24, 2.45) is 0 Å². The topological polar surface area (TPSA) is 21.3 Å². The molecule has 86 valence electrons. The first-order valence-corrected chi connectivity index (χ1v) is 5.56. The van der Waals surface area contributed by atoms with E-state index >= 15 is 0 Å². The van der Waals surface area contributed by atoms with E-state index in [1.807, 2.05) is 12.3 Å². The van der Waals surface area contributed by atoms with Crippen molar-refractivity contribution in [3.63, 3.8) is 0 Å². The van der Waals surface area contributed by atoms with E-state index < -0.39 is 6.43 Å². The summed E-state index contributed by atoms with van der Waals surface area (Å²) in [7, 11) is 1.65.